The summed E-state index contributed by atoms with van der Waals surface area (Å²) in [5.41, 5.74) is 0. The van der Waals surface area contributed by atoms with Gasteiger partial charge < -0.3 is 5.11 Å². The molecular formula is C6H15IO. The van der Waals surface area contributed by atoms with E-state index in [9.17, 15) is 0 Å². The summed E-state index contributed by atoms with van der Waals surface area (Å²) in [4.78, 5) is 0. The van der Waals surface area contributed by atoms with E-state index in [2.05, 4.69) is 0 Å². The molecule has 0 heterocycles. The Morgan fingerprint density at radius 2 is 2.25 bits per heavy atom. The number of alkyl halides is 1. The zero-order valence-electron chi connectivity index (χ0n) is 17.8. The normalized spacial score (nSPS) is 43.8. The predicted octanol–water partition coefficient (Wildman–Crippen LogP) is 2.22. The number of hydrogen-bond acceptors (Lipinski definition) is 1. The van der Waals surface area contributed by atoms with Crippen LogP contribution >= 0.6 is 22.6 Å². The lowest BCUT2D eigenvalue weighted by molar-refractivity contribution is 0.295. The first kappa shape index (κ1) is 1.20. The zero-order chi connectivity index (χ0) is 19.0. The Balaban J connectivity index is 0. The van der Waals surface area contributed by atoms with E-state index >= 15 is 0 Å². The molecule has 0 aromatic heterocycles. The van der Waals surface area contributed by atoms with E-state index in [1.54, 1.807) is 0 Å². The lowest BCUT2D eigenvalue weighted by atomic mass is 10.5. The van der Waals surface area contributed by atoms with Crippen molar-refractivity contribution in [3.8, 4) is 0 Å². The first-order valence-electron chi connectivity index (χ1n) is 8.41. The van der Waals surface area contributed by atoms with Crippen LogP contribution in [0, 0.1) is 0 Å². The van der Waals surface area contributed by atoms with Gasteiger partial charge in [0.2, 0.25) is 0 Å². The van der Waals surface area contributed by atoms with Gasteiger partial charge in [0.1, 0.15) is 0 Å². The average molecular weight is 244 g/mol. The topological polar surface area (TPSA) is 20.2 Å². The summed E-state index contributed by atoms with van der Waals surface area (Å²) in [6, 6.07) is 0. The van der Waals surface area contributed by atoms with Crippen LogP contribution in [0.15, 0.2) is 0 Å². The first-order chi connectivity index (χ1) is 9.00. The standard InChI is InChI=1S/C3H7I.C3H8O/c2*1-2-3-4/h2-3H2,1H3;4H,2-3H2,1H3/i2*1D3,2D2,3D2. The highest BCUT2D eigenvalue weighted by Gasteiger charge is 1.58. The van der Waals surface area contributed by atoms with Crippen LogP contribution in [0.25, 0.3) is 0 Å². The van der Waals surface area contributed by atoms with Crippen molar-refractivity contribution < 1.29 is 24.3 Å². The van der Waals surface area contributed by atoms with Crippen molar-refractivity contribution in [1.82, 2.24) is 0 Å². The quantitative estimate of drug-likeness (QED) is 0.583. The molecule has 0 unspecified atom stereocenters. The van der Waals surface area contributed by atoms with Gasteiger partial charge in [0.15, 0.2) is 0 Å². The van der Waals surface area contributed by atoms with E-state index in [-0.39, 0.29) is 0 Å². The molecular weight excluding hydrogens is 215 g/mol. The minimum atomic E-state index is -3.35. The van der Waals surface area contributed by atoms with Crippen LogP contribution in [0.4, 0.5) is 0 Å². The monoisotopic (exact) mass is 244 g/mol. The Hall–Kier alpha value is 0.690. The van der Waals surface area contributed by atoms with Gasteiger partial charge >= 0.3 is 0 Å². The van der Waals surface area contributed by atoms with Crippen LogP contribution in [0.3, 0.4) is 0 Å². The molecule has 2 heteroatoms. The molecule has 1 nitrogen and oxygen atoms in total. The van der Waals surface area contributed by atoms with Gasteiger partial charge in [-0.05, 0) is 17.1 Å². The molecule has 0 spiro atoms. The van der Waals surface area contributed by atoms with Gasteiger partial charge in [-0.1, -0.05) is 36.3 Å². The van der Waals surface area contributed by atoms with E-state index in [4.69, 9.17) is 24.3 Å². The Labute approximate surface area is 85.3 Å². The third-order valence-electron chi connectivity index (χ3n) is 0.103. The van der Waals surface area contributed by atoms with Crippen molar-refractivity contribution in [2.75, 3.05) is 10.9 Å². The minimum Gasteiger partial charge on any atom is -0.396 e. The van der Waals surface area contributed by atoms with E-state index in [1.165, 1.54) is 0 Å². The van der Waals surface area contributed by atoms with E-state index in [0.29, 0.717) is 0 Å². The third-order valence-corrected chi connectivity index (χ3v) is 0.373. The Morgan fingerprint density at radius 3 is 2.25 bits per heavy atom. The van der Waals surface area contributed by atoms with Gasteiger partial charge in [-0.25, -0.2) is 0 Å². The molecule has 0 aliphatic rings. The van der Waals surface area contributed by atoms with Gasteiger partial charge in [-0.3, -0.25) is 0 Å². The van der Waals surface area contributed by atoms with E-state index < -0.39 is 37.4 Å². The maximum atomic E-state index is 8.48. The highest BCUT2D eigenvalue weighted by Crippen LogP contribution is 1.81. The second-order valence-corrected chi connectivity index (χ2v) is 0.996. The molecule has 0 bridgehead atoms. The van der Waals surface area contributed by atoms with Crippen molar-refractivity contribution in [2.24, 2.45) is 0 Å². The van der Waals surface area contributed by atoms with Crippen molar-refractivity contribution in [1.29, 1.82) is 0 Å². The Bertz CT molecular complexity index is 287. The molecule has 0 amide bonds. The zero-order valence-corrected chi connectivity index (χ0v) is 5.98. The first-order valence-corrected chi connectivity index (χ1v) is 2.49. The SMILES string of the molecule is [2H]C([2H])([2H])C([2H])([2H])C([2H])([2H])I.[2H]C([2H])([2H])C([2H])([2H])C([2H])([2H])O. The van der Waals surface area contributed by atoms with Gasteiger partial charge in [0.25, 0.3) is 0 Å². The van der Waals surface area contributed by atoms with Crippen LogP contribution in [0.5, 0.6) is 0 Å². The summed E-state index contributed by atoms with van der Waals surface area (Å²) in [5.74, 6) is 0. The summed E-state index contributed by atoms with van der Waals surface area (Å²) in [6.07, 6.45) is -6.04. The molecule has 1 N–H and O–H groups in total. The van der Waals surface area contributed by atoms with Crippen molar-refractivity contribution in [3.05, 3.63) is 0 Å². The molecule has 8 heavy (non-hydrogen) atoms. The number of halogens is 1. The highest BCUT2D eigenvalue weighted by molar-refractivity contribution is 14.1. The Morgan fingerprint density at radius 1 is 1.62 bits per heavy atom. The van der Waals surface area contributed by atoms with Crippen molar-refractivity contribution in [3.63, 3.8) is 0 Å². The van der Waals surface area contributed by atoms with Gasteiger partial charge in [-0.15, -0.1) is 0 Å². The number of aliphatic hydroxyl groups is 1. The van der Waals surface area contributed by atoms with E-state index in [1.807, 2.05) is 0 Å². The van der Waals surface area contributed by atoms with Crippen molar-refractivity contribution >= 4 is 22.6 Å². The van der Waals surface area contributed by atoms with Crippen molar-refractivity contribution in [2.45, 2.75) is 26.4 Å². The number of hydrogen-bond donors (Lipinski definition) is 1. The molecule has 0 atom stereocenters. The van der Waals surface area contributed by atoms with Gasteiger partial charge in [-0.2, -0.15) is 0 Å². The van der Waals surface area contributed by atoms with Crippen LogP contribution in [-0.4, -0.2) is 16.0 Å². The smallest absolute Gasteiger partial charge is 0.0564 e. The summed E-state index contributed by atoms with van der Waals surface area (Å²) < 4.78 is 91.5. The summed E-state index contributed by atoms with van der Waals surface area (Å²) in [5, 5.41) is 8.48. The average Bonchev–Trinajstić information content (AvgIpc) is 2.10. The largest absolute Gasteiger partial charge is 0.396 e. The van der Waals surface area contributed by atoms with Crippen LogP contribution in [-0.2, 0) is 0 Å². The molecule has 0 saturated carbocycles. The van der Waals surface area contributed by atoms with E-state index in [0.717, 1.165) is 22.6 Å². The fraction of sp³-hybridized carbons (Fsp3) is 1.00. The van der Waals surface area contributed by atoms with Crippen LogP contribution in [0.1, 0.15) is 45.6 Å². The highest BCUT2D eigenvalue weighted by atomic mass is 127. The molecule has 52 valence electrons. The molecule has 0 aromatic carbocycles. The molecule has 0 aliphatic heterocycles. The maximum Gasteiger partial charge on any atom is 0.0564 e. The molecule has 0 saturated heterocycles. The minimum absolute atomic E-state index is 1.14. The van der Waals surface area contributed by atoms with Crippen LogP contribution in [0.2, 0.25) is 0 Å². The third kappa shape index (κ3) is 29.9. The lowest BCUT2D eigenvalue weighted by Gasteiger charge is -1.69. The van der Waals surface area contributed by atoms with Crippen LogP contribution < -0.4 is 0 Å². The number of rotatable bonds is 2. The molecule has 0 aromatic rings. The fourth-order valence-corrected chi connectivity index (χ4v) is 0. The second-order valence-electron chi connectivity index (χ2n) is 0.456. The summed E-state index contributed by atoms with van der Waals surface area (Å²) in [7, 11) is 0. The fourth-order valence-electron chi connectivity index (χ4n) is 0. The molecule has 0 rings (SSSR count). The lowest BCUT2D eigenvalue weighted by Crippen LogP contribution is -1.69. The molecule has 0 aliphatic carbocycles. The molecule has 0 radical (unpaired) electrons. The second kappa shape index (κ2) is 15.6. The van der Waals surface area contributed by atoms with Gasteiger partial charge in [0.05, 0.1) is 2.74 Å². The summed E-state index contributed by atoms with van der Waals surface area (Å²) >= 11 is 1.14. The Kier molecular flexibility index (Phi) is 2.35. The molecule has 0 fully saturated rings. The predicted molar refractivity (Wildman–Crippen MR) is 46.6 cm³/mol. The summed E-state index contributed by atoms with van der Waals surface area (Å²) in [6.45, 7) is -9.43. The maximum absolute atomic E-state index is 8.48. The van der Waals surface area contributed by atoms with Gasteiger partial charge in [0, 0.05) is 23.0 Å².